The summed E-state index contributed by atoms with van der Waals surface area (Å²) < 4.78 is 42.1. The fraction of sp³-hybridized carbons (Fsp3) is 0.0610. The maximum absolute atomic E-state index is 13.8. The molecule has 92 heavy (non-hydrogen) atoms. The molecule has 0 fully saturated rings. The van der Waals surface area contributed by atoms with E-state index in [0.717, 1.165) is 103 Å². The van der Waals surface area contributed by atoms with Crippen molar-refractivity contribution in [1.29, 1.82) is 0 Å². The third-order valence-electron chi connectivity index (χ3n) is 16.7. The minimum Gasteiger partial charge on any atom is -0.314 e. The van der Waals surface area contributed by atoms with E-state index in [1.54, 1.807) is 0 Å². The van der Waals surface area contributed by atoms with Crippen molar-refractivity contribution in [3.05, 3.63) is 339 Å². The van der Waals surface area contributed by atoms with E-state index < -0.39 is 21.4 Å². The zero-order valence-corrected chi connectivity index (χ0v) is 54.7. The Labute approximate surface area is 537 Å². The number of rotatable bonds is 7. The van der Waals surface area contributed by atoms with Gasteiger partial charge in [-0.05, 0) is 125 Å². The zero-order chi connectivity index (χ0) is 63.7. The van der Waals surface area contributed by atoms with Gasteiger partial charge >= 0.3 is 0 Å². The maximum Gasteiger partial charge on any atom is 0.148 e. The van der Waals surface area contributed by atoms with Crippen molar-refractivity contribution in [2.24, 2.45) is 0 Å². The second-order valence-corrected chi connectivity index (χ2v) is 31.6. The van der Waals surface area contributed by atoms with Gasteiger partial charge in [0.25, 0.3) is 0 Å². The van der Waals surface area contributed by atoms with Crippen molar-refractivity contribution >= 4 is 124 Å². The Hall–Kier alpha value is -10.1. The van der Waals surface area contributed by atoms with Gasteiger partial charge in [-0.25, -0.2) is 9.97 Å². The number of fused-ring (bicyclic) bond motifs is 9. The second-order valence-electron chi connectivity index (χ2n) is 23.0. The third-order valence-corrected chi connectivity index (χ3v) is 24.4. The minimum absolute atomic E-state index is 0.909. The number of benzene rings is 13. The molecule has 0 bridgehead atoms. The van der Waals surface area contributed by atoms with Crippen LogP contribution in [-0.4, -0.2) is 39.3 Å². The van der Waals surface area contributed by atoms with E-state index in [1.807, 2.05) is 233 Å². The Morgan fingerprint density at radius 2 is 0.739 bits per heavy atom. The predicted octanol–water partition coefficient (Wildman–Crippen LogP) is 18.9. The lowest BCUT2D eigenvalue weighted by molar-refractivity contribution is 0.589. The van der Waals surface area contributed by atoms with Gasteiger partial charge in [-0.3, -0.25) is 9.38 Å². The molecule has 0 amide bonds. The molecule has 0 saturated heterocycles. The van der Waals surface area contributed by atoms with E-state index in [2.05, 4.69) is 143 Å². The summed E-state index contributed by atoms with van der Waals surface area (Å²) >= 11 is 0. The molecular formula is C82H69N4O3P3. The second kappa shape index (κ2) is 27.5. The number of hydrogen-bond donors (Lipinski definition) is 0. The normalized spacial score (nSPS) is 11.4. The van der Waals surface area contributed by atoms with Crippen molar-refractivity contribution in [3.8, 4) is 11.3 Å². The molecule has 0 radical (unpaired) electrons. The summed E-state index contributed by atoms with van der Waals surface area (Å²) in [5, 5.41) is 15.6. The summed E-state index contributed by atoms with van der Waals surface area (Å²) in [6.45, 7) is 9.67. The number of aromatic nitrogens is 4. The van der Waals surface area contributed by atoms with Crippen LogP contribution >= 0.6 is 21.4 Å². The van der Waals surface area contributed by atoms with E-state index >= 15 is 0 Å². The molecule has 0 spiro atoms. The Kier molecular flexibility index (Phi) is 18.6. The maximum atomic E-state index is 13.8. The van der Waals surface area contributed by atoms with E-state index in [4.69, 9.17) is 4.98 Å². The lowest BCUT2D eigenvalue weighted by atomic mass is 10.1. The van der Waals surface area contributed by atoms with Crippen LogP contribution in [0.1, 0.15) is 11.4 Å². The fourth-order valence-electron chi connectivity index (χ4n) is 11.7. The van der Waals surface area contributed by atoms with Crippen molar-refractivity contribution in [1.82, 2.24) is 19.4 Å². The summed E-state index contributed by atoms with van der Waals surface area (Å²) in [5.41, 5.74) is 7.59. The van der Waals surface area contributed by atoms with Crippen LogP contribution in [0.25, 0.3) is 81.9 Å². The molecule has 0 saturated carbocycles. The summed E-state index contributed by atoms with van der Waals surface area (Å²) in [6.07, 6.45) is 1.81. The number of nitrogens with zero attached hydrogens (tertiary/aromatic N) is 4. The van der Waals surface area contributed by atoms with Gasteiger partial charge in [0, 0.05) is 49.0 Å². The first-order valence-corrected chi connectivity index (χ1v) is 37.1. The Balaban J connectivity index is 0.000000113. The molecular weight excluding hydrogens is 1180 g/mol. The lowest BCUT2D eigenvalue weighted by Gasteiger charge is -2.18. The van der Waals surface area contributed by atoms with Crippen LogP contribution in [-0.2, 0) is 13.7 Å². The molecule has 0 N–H and O–H groups in total. The largest absolute Gasteiger partial charge is 0.314 e. The van der Waals surface area contributed by atoms with E-state index in [-0.39, 0.29) is 0 Å². The molecule has 3 aromatic heterocycles. The van der Waals surface area contributed by atoms with Crippen LogP contribution in [0.15, 0.2) is 328 Å². The Bertz CT molecular complexity index is 5190. The average Bonchev–Trinajstić information content (AvgIpc) is 1.36. The molecule has 0 unspecified atom stereocenters. The molecule has 7 nitrogen and oxygen atoms in total. The molecule has 10 heteroatoms. The first-order chi connectivity index (χ1) is 44.7. The van der Waals surface area contributed by atoms with E-state index in [0.29, 0.717) is 0 Å². The van der Waals surface area contributed by atoms with Gasteiger partial charge in [0.15, 0.2) is 0 Å². The van der Waals surface area contributed by atoms with Crippen LogP contribution in [0.5, 0.6) is 0 Å². The number of para-hydroxylation sites is 3. The monoisotopic (exact) mass is 1250 g/mol. The summed E-state index contributed by atoms with van der Waals surface area (Å²) in [5.74, 6) is 0.970. The van der Waals surface area contributed by atoms with E-state index in [9.17, 15) is 13.7 Å². The van der Waals surface area contributed by atoms with Gasteiger partial charge < -0.3 is 13.7 Å². The topological polar surface area (TPSA) is 94.3 Å². The number of aryl methyl sites for hydroxylation is 2. The number of pyridine rings is 1. The van der Waals surface area contributed by atoms with Crippen molar-refractivity contribution in [2.75, 3.05) is 20.0 Å². The predicted molar refractivity (Wildman–Crippen MR) is 394 cm³/mol. The molecule has 0 aliphatic heterocycles. The van der Waals surface area contributed by atoms with Gasteiger partial charge in [-0.15, -0.1) is 0 Å². The van der Waals surface area contributed by atoms with Crippen LogP contribution in [0.2, 0.25) is 0 Å². The van der Waals surface area contributed by atoms with Crippen molar-refractivity contribution in [2.45, 2.75) is 13.8 Å². The third kappa shape index (κ3) is 13.5. The van der Waals surface area contributed by atoms with Crippen LogP contribution in [0.4, 0.5) is 0 Å². The first kappa shape index (κ1) is 62.1. The molecule has 450 valence electrons. The highest BCUT2D eigenvalue weighted by atomic mass is 31.2. The Morgan fingerprint density at radius 1 is 0.315 bits per heavy atom. The van der Waals surface area contributed by atoms with Crippen molar-refractivity contribution in [3.63, 3.8) is 0 Å². The van der Waals surface area contributed by atoms with E-state index in [1.165, 1.54) is 21.9 Å². The van der Waals surface area contributed by atoms with Gasteiger partial charge in [0.1, 0.15) is 32.9 Å². The molecule has 13 aromatic carbocycles. The fourth-order valence-corrected chi connectivity index (χ4v) is 17.6. The van der Waals surface area contributed by atoms with Crippen LogP contribution in [0, 0.1) is 13.8 Å². The zero-order valence-electron chi connectivity index (χ0n) is 52.0. The SMILES string of the molecule is CP(=O)(c1ccc2ccccc2c1)c1ccc2ccccc2c1.CP(=O)(c1cccc2ccccc12)c1cccc2ccccc12.CP(=O)(c1ccccc1)c1ccccc1.Cc1ccc(-c2ccccn2)cc1.Cc1nc2ccccc2c2nc3ccccc3n12. The molecule has 0 aliphatic carbocycles. The highest BCUT2D eigenvalue weighted by molar-refractivity contribution is 7.79. The van der Waals surface area contributed by atoms with Gasteiger partial charge in [-0.2, -0.15) is 0 Å². The summed E-state index contributed by atoms with van der Waals surface area (Å²) in [6, 6.07) is 107. The lowest BCUT2D eigenvalue weighted by Crippen LogP contribution is -2.16. The van der Waals surface area contributed by atoms with Crippen molar-refractivity contribution < 1.29 is 13.7 Å². The molecule has 16 rings (SSSR count). The molecule has 0 aliphatic rings. The van der Waals surface area contributed by atoms with Crippen LogP contribution in [0.3, 0.4) is 0 Å². The highest BCUT2D eigenvalue weighted by Gasteiger charge is 2.26. The summed E-state index contributed by atoms with van der Waals surface area (Å²) in [4.78, 5) is 13.7. The number of imidazole rings is 1. The van der Waals surface area contributed by atoms with Gasteiger partial charge in [-0.1, -0.05) is 279 Å². The van der Waals surface area contributed by atoms with Crippen LogP contribution < -0.4 is 31.8 Å². The standard InChI is InChI=1S/2C21H17OP.C15H11N3.C13H13OP.C12H11N/c1-23(22,20-14-6-10-16-8-2-4-12-18(16)20)21-15-7-11-17-9-3-5-13-19(17)21;1-23(22,20-12-10-16-6-2-4-8-18(16)14-20)21-13-11-17-7-3-5-9-19(17)15-21;1-10-16-12-7-3-2-6-11(12)15-17-13-8-4-5-9-14(13)18(10)15;1-15(14,12-8-4-2-5-9-12)13-10-6-3-7-11-13;1-10-5-7-11(8-6-10)12-4-2-3-9-13-12/h2*2-15H,1H3;2-9H,1H3;2-11H,1H3;2-9H,1H3. The average molecular weight is 1250 g/mol. The van der Waals surface area contributed by atoms with Gasteiger partial charge in [0.05, 0.1) is 22.2 Å². The number of hydrogen-bond acceptors (Lipinski definition) is 6. The first-order valence-electron chi connectivity index (χ1n) is 30.6. The molecule has 0 atom stereocenters. The molecule has 3 heterocycles. The molecule has 16 aromatic rings. The smallest absolute Gasteiger partial charge is 0.148 e. The van der Waals surface area contributed by atoms with Gasteiger partial charge in [0.2, 0.25) is 0 Å². The highest BCUT2D eigenvalue weighted by Crippen LogP contribution is 2.44. The quantitative estimate of drug-likeness (QED) is 0.148. The minimum atomic E-state index is -2.69. The Morgan fingerprint density at radius 3 is 1.26 bits per heavy atom. The summed E-state index contributed by atoms with van der Waals surface area (Å²) in [7, 11) is -7.69.